The van der Waals surface area contributed by atoms with Crippen molar-refractivity contribution in [1.29, 1.82) is 0 Å². The minimum atomic E-state index is -3.14. The lowest BCUT2D eigenvalue weighted by atomic mass is 10.0. The third-order valence-corrected chi connectivity index (χ3v) is 3.80. The van der Waals surface area contributed by atoms with Crippen LogP contribution in [0.3, 0.4) is 0 Å². The van der Waals surface area contributed by atoms with Gasteiger partial charge < -0.3 is 0 Å². The zero-order valence-electron chi connectivity index (χ0n) is 9.66. The summed E-state index contributed by atoms with van der Waals surface area (Å²) in [5.41, 5.74) is 3.83. The Labute approximate surface area is 96.9 Å². The fourth-order valence-corrected chi connectivity index (χ4v) is 3.03. The van der Waals surface area contributed by atoms with E-state index < -0.39 is 10.0 Å². The predicted molar refractivity (Wildman–Crippen MR) is 64.9 cm³/mol. The van der Waals surface area contributed by atoms with E-state index in [0.717, 1.165) is 18.4 Å². The highest BCUT2D eigenvalue weighted by molar-refractivity contribution is 7.88. The van der Waals surface area contributed by atoms with E-state index in [-0.39, 0.29) is 6.04 Å². The molecule has 1 aliphatic carbocycles. The topological polar surface area (TPSA) is 46.2 Å². The fraction of sp³-hybridized carbons (Fsp3) is 0.500. The highest BCUT2D eigenvalue weighted by atomic mass is 32.2. The molecule has 0 fully saturated rings. The minimum Gasteiger partial charge on any atom is -0.213 e. The van der Waals surface area contributed by atoms with Crippen LogP contribution in [0, 0.1) is 0 Å². The molecule has 0 aliphatic heterocycles. The summed E-state index contributed by atoms with van der Waals surface area (Å²) in [4.78, 5) is 0. The molecule has 0 radical (unpaired) electrons. The van der Waals surface area contributed by atoms with Gasteiger partial charge in [0.05, 0.1) is 6.26 Å². The third-order valence-electron chi connectivity index (χ3n) is 3.01. The molecule has 2 rings (SSSR count). The zero-order valence-corrected chi connectivity index (χ0v) is 10.5. The van der Waals surface area contributed by atoms with E-state index in [0.29, 0.717) is 0 Å². The molecular weight excluding hydrogens is 222 g/mol. The highest BCUT2D eigenvalue weighted by Gasteiger charge is 2.15. The van der Waals surface area contributed by atoms with Crippen LogP contribution in [0.2, 0.25) is 0 Å². The summed E-state index contributed by atoms with van der Waals surface area (Å²) in [5, 5.41) is 0. The van der Waals surface area contributed by atoms with Crippen molar-refractivity contribution in [3.05, 3.63) is 34.9 Å². The molecule has 0 heterocycles. The van der Waals surface area contributed by atoms with Gasteiger partial charge >= 0.3 is 0 Å². The second-order valence-electron chi connectivity index (χ2n) is 4.49. The van der Waals surface area contributed by atoms with Crippen LogP contribution in [0.5, 0.6) is 0 Å². The van der Waals surface area contributed by atoms with Crippen molar-refractivity contribution >= 4 is 10.0 Å². The summed E-state index contributed by atoms with van der Waals surface area (Å²) in [6.07, 6.45) is 4.68. The molecule has 1 N–H and O–H groups in total. The van der Waals surface area contributed by atoms with Crippen LogP contribution in [0.15, 0.2) is 18.2 Å². The molecular formula is C12H17NO2S. The zero-order chi connectivity index (χ0) is 11.8. The number of benzene rings is 1. The molecule has 88 valence electrons. The Morgan fingerprint density at radius 2 is 1.94 bits per heavy atom. The van der Waals surface area contributed by atoms with E-state index in [1.807, 2.05) is 13.0 Å². The normalized spacial score (nSPS) is 17.1. The smallest absolute Gasteiger partial charge is 0.209 e. The van der Waals surface area contributed by atoms with Crippen molar-refractivity contribution < 1.29 is 8.42 Å². The van der Waals surface area contributed by atoms with Crippen LogP contribution >= 0.6 is 0 Å². The first kappa shape index (κ1) is 11.6. The first-order valence-electron chi connectivity index (χ1n) is 5.55. The molecule has 0 spiro atoms. The second kappa shape index (κ2) is 4.18. The first-order chi connectivity index (χ1) is 7.46. The van der Waals surface area contributed by atoms with Gasteiger partial charge in [-0.25, -0.2) is 13.1 Å². The summed E-state index contributed by atoms with van der Waals surface area (Å²) in [5.74, 6) is 0. The van der Waals surface area contributed by atoms with Gasteiger partial charge in [-0.05, 0) is 42.9 Å². The van der Waals surface area contributed by atoms with Gasteiger partial charge in [0.15, 0.2) is 0 Å². The maximum Gasteiger partial charge on any atom is 0.209 e. The van der Waals surface area contributed by atoms with Crippen LogP contribution in [0.1, 0.15) is 36.1 Å². The van der Waals surface area contributed by atoms with Gasteiger partial charge in [-0.1, -0.05) is 18.2 Å². The van der Waals surface area contributed by atoms with Gasteiger partial charge in [-0.2, -0.15) is 0 Å². The standard InChI is InChI=1S/C12H17NO2S/c1-9(13-16(2,14)15)11-7-6-10-4-3-5-12(10)8-11/h6-9,13H,3-5H2,1-2H3/t9-/m0/s1. The summed E-state index contributed by atoms with van der Waals surface area (Å²) < 4.78 is 24.9. The SMILES string of the molecule is C[C@H](NS(C)(=O)=O)c1ccc2c(c1)CCC2. The van der Waals surface area contributed by atoms with E-state index in [9.17, 15) is 8.42 Å². The van der Waals surface area contributed by atoms with Gasteiger partial charge in [-0.3, -0.25) is 0 Å². The van der Waals surface area contributed by atoms with Crippen molar-refractivity contribution in [3.8, 4) is 0 Å². The largest absolute Gasteiger partial charge is 0.213 e. The van der Waals surface area contributed by atoms with Gasteiger partial charge in [0.25, 0.3) is 0 Å². The first-order valence-corrected chi connectivity index (χ1v) is 7.44. The molecule has 1 aliphatic rings. The van der Waals surface area contributed by atoms with Crippen molar-refractivity contribution in [3.63, 3.8) is 0 Å². The number of hydrogen-bond acceptors (Lipinski definition) is 2. The van der Waals surface area contributed by atoms with E-state index in [1.165, 1.54) is 23.8 Å². The minimum absolute atomic E-state index is 0.152. The monoisotopic (exact) mass is 239 g/mol. The molecule has 16 heavy (non-hydrogen) atoms. The molecule has 0 aromatic heterocycles. The fourth-order valence-electron chi connectivity index (χ4n) is 2.25. The lowest BCUT2D eigenvalue weighted by Crippen LogP contribution is -2.25. The summed E-state index contributed by atoms with van der Waals surface area (Å²) in [6, 6.07) is 6.12. The molecule has 1 atom stereocenters. The molecule has 0 amide bonds. The van der Waals surface area contributed by atoms with E-state index in [1.54, 1.807) is 0 Å². The Morgan fingerprint density at radius 3 is 2.62 bits per heavy atom. The Hall–Kier alpha value is -0.870. The summed E-state index contributed by atoms with van der Waals surface area (Å²) >= 11 is 0. The Morgan fingerprint density at radius 1 is 1.25 bits per heavy atom. The molecule has 1 aromatic carbocycles. The van der Waals surface area contributed by atoms with E-state index in [2.05, 4.69) is 16.9 Å². The average Bonchev–Trinajstić information content (AvgIpc) is 2.61. The van der Waals surface area contributed by atoms with Crippen molar-refractivity contribution in [2.75, 3.05) is 6.26 Å². The average molecular weight is 239 g/mol. The van der Waals surface area contributed by atoms with Gasteiger partial charge in [-0.15, -0.1) is 0 Å². The number of aryl methyl sites for hydroxylation is 2. The Kier molecular flexibility index (Phi) is 3.04. The summed E-state index contributed by atoms with van der Waals surface area (Å²) in [7, 11) is -3.14. The number of sulfonamides is 1. The Bertz CT molecular complexity index is 494. The van der Waals surface area contributed by atoms with Crippen LogP contribution in [0.25, 0.3) is 0 Å². The van der Waals surface area contributed by atoms with E-state index in [4.69, 9.17) is 0 Å². The van der Waals surface area contributed by atoms with E-state index >= 15 is 0 Å². The predicted octanol–water partition coefficient (Wildman–Crippen LogP) is 1.79. The van der Waals surface area contributed by atoms with Crippen LogP contribution in [-0.4, -0.2) is 14.7 Å². The number of rotatable bonds is 3. The lowest BCUT2D eigenvalue weighted by Gasteiger charge is -2.13. The highest BCUT2D eigenvalue weighted by Crippen LogP contribution is 2.25. The van der Waals surface area contributed by atoms with Crippen molar-refractivity contribution in [2.24, 2.45) is 0 Å². The number of nitrogens with one attached hydrogen (secondary N) is 1. The second-order valence-corrected chi connectivity index (χ2v) is 6.27. The van der Waals surface area contributed by atoms with Gasteiger partial charge in [0, 0.05) is 6.04 Å². The third kappa shape index (κ3) is 2.62. The number of hydrogen-bond donors (Lipinski definition) is 1. The van der Waals surface area contributed by atoms with Crippen molar-refractivity contribution in [1.82, 2.24) is 4.72 Å². The molecule has 0 bridgehead atoms. The molecule has 4 heteroatoms. The maximum absolute atomic E-state index is 11.1. The quantitative estimate of drug-likeness (QED) is 0.874. The molecule has 3 nitrogen and oxygen atoms in total. The molecule has 0 unspecified atom stereocenters. The van der Waals surface area contributed by atoms with Crippen LogP contribution in [-0.2, 0) is 22.9 Å². The number of fused-ring (bicyclic) bond motifs is 1. The Balaban J connectivity index is 2.21. The van der Waals surface area contributed by atoms with Gasteiger partial charge in [0.2, 0.25) is 10.0 Å². The molecule has 0 saturated heterocycles. The molecule has 1 aromatic rings. The van der Waals surface area contributed by atoms with Gasteiger partial charge in [0.1, 0.15) is 0 Å². The molecule has 0 saturated carbocycles. The maximum atomic E-state index is 11.1. The van der Waals surface area contributed by atoms with Crippen LogP contribution in [0.4, 0.5) is 0 Å². The summed E-state index contributed by atoms with van der Waals surface area (Å²) in [6.45, 7) is 1.87. The lowest BCUT2D eigenvalue weighted by molar-refractivity contribution is 0.573. The van der Waals surface area contributed by atoms with Crippen molar-refractivity contribution in [2.45, 2.75) is 32.2 Å². The van der Waals surface area contributed by atoms with Crippen LogP contribution < -0.4 is 4.72 Å².